The smallest absolute Gasteiger partial charge is 0.146 e. The van der Waals surface area contributed by atoms with Crippen LogP contribution in [0.4, 0.5) is 0 Å². The van der Waals surface area contributed by atoms with Crippen molar-refractivity contribution in [2.24, 2.45) is 0 Å². The summed E-state index contributed by atoms with van der Waals surface area (Å²) in [6.07, 6.45) is 8.35. The molecule has 0 radical (unpaired) electrons. The zero-order valence-electron chi connectivity index (χ0n) is 15.0. The van der Waals surface area contributed by atoms with Gasteiger partial charge in [0.25, 0.3) is 0 Å². The van der Waals surface area contributed by atoms with E-state index in [9.17, 15) is 0 Å². The second-order valence-electron chi connectivity index (χ2n) is 7.90. The Kier molecular flexibility index (Phi) is 4.35. The number of aromatic nitrogens is 3. The van der Waals surface area contributed by atoms with Crippen LogP contribution in [0.1, 0.15) is 73.4 Å². The van der Waals surface area contributed by atoms with Crippen LogP contribution in [0.2, 0.25) is 4.34 Å². The van der Waals surface area contributed by atoms with Gasteiger partial charge in [0.05, 0.1) is 15.9 Å². The van der Waals surface area contributed by atoms with E-state index in [1.165, 1.54) is 42.8 Å². The Morgan fingerprint density at radius 1 is 1.23 bits per heavy atom. The van der Waals surface area contributed by atoms with Gasteiger partial charge < -0.3 is 14.0 Å². The molecule has 140 valence electrons. The van der Waals surface area contributed by atoms with Crippen molar-refractivity contribution >= 4 is 22.9 Å². The van der Waals surface area contributed by atoms with Crippen LogP contribution in [0, 0.1) is 0 Å². The number of rotatable bonds is 7. The molecular formula is C19H24ClN3O2S. The van der Waals surface area contributed by atoms with Gasteiger partial charge in [-0.05, 0) is 50.7 Å². The summed E-state index contributed by atoms with van der Waals surface area (Å²) in [6.45, 7) is 0.342. The standard InChI is InChI=1S/C19H24ClN3O2S/c1-24-11-25-14-9-19(10-14,15-7-8-16(20)26-15)18-22-21-17(12-3-2-4-12)23(18)13-5-6-13/h7-8,12-14H,2-6,9-11H2,1H3/t14-,19+. The van der Waals surface area contributed by atoms with Gasteiger partial charge in [0.2, 0.25) is 0 Å². The molecule has 0 unspecified atom stereocenters. The Morgan fingerprint density at radius 2 is 2.04 bits per heavy atom. The molecule has 0 aromatic carbocycles. The van der Waals surface area contributed by atoms with Gasteiger partial charge in [-0.25, -0.2) is 0 Å². The Labute approximate surface area is 162 Å². The fourth-order valence-corrected chi connectivity index (χ4v) is 5.58. The zero-order chi connectivity index (χ0) is 17.7. The third kappa shape index (κ3) is 2.73. The van der Waals surface area contributed by atoms with Gasteiger partial charge in [-0.3, -0.25) is 0 Å². The summed E-state index contributed by atoms with van der Waals surface area (Å²) in [4.78, 5) is 1.29. The lowest BCUT2D eigenvalue weighted by Crippen LogP contribution is -2.48. The predicted octanol–water partition coefficient (Wildman–Crippen LogP) is 4.66. The Balaban J connectivity index is 1.53. The van der Waals surface area contributed by atoms with Crippen LogP contribution >= 0.6 is 22.9 Å². The first-order valence-corrected chi connectivity index (χ1v) is 10.7. The fraction of sp³-hybridized carbons (Fsp3) is 0.684. The van der Waals surface area contributed by atoms with Crippen molar-refractivity contribution in [3.63, 3.8) is 0 Å². The summed E-state index contributed by atoms with van der Waals surface area (Å²) in [5, 5.41) is 9.45. The summed E-state index contributed by atoms with van der Waals surface area (Å²) in [5.74, 6) is 2.95. The molecule has 3 aliphatic carbocycles. The summed E-state index contributed by atoms with van der Waals surface area (Å²) in [6, 6.07) is 4.74. The molecule has 3 fully saturated rings. The quantitative estimate of drug-likeness (QED) is 0.641. The highest BCUT2D eigenvalue weighted by atomic mass is 35.5. The number of nitrogens with zero attached hydrogens (tertiary/aromatic N) is 3. The largest absolute Gasteiger partial charge is 0.359 e. The number of methoxy groups -OCH3 is 1. The third-order valence-corrected chi connectivity index (χ3v) is 7.59. The van der Waals surface area contributed by atoms with Crippen LogP contribution in [0.5, 0.6) is 0 Å². The van der Waals surface area contributed by atoms with Gasteiger partial charge in [-0.1, -0.05) is 18.0 Å². The molecule has 3 saturated carbocycles. The minimum atomic E-state index is -0.117. The first-order valence-electron chi connectivity index (χ1n) is 9.53. The summed E-state index contributed by atoms with van der Waals surface area (Å²) in [5.41, 5.74) is -0.117. The molecule has 2 aromatic heterocycles. The van der Waals surface area contributed by atoms with E-state index in [1.54, 1.807) is 18.4 Å². The second-order valence-corrected chi connectivity index (χ2v) is 9.62. The average Bonchev–Trinajstić information content (AvgIpc) is 3.16. The normalized spacial score (nSPS) is 28.8. The molecule has 0 spiro atoms. The third-order valence-electron chi connectivity index (χ3n) is 6.15. The highest BCUT2D eigenvalue weighted by molar-refractivity contribution is 7.16. The minimum Gasteiger partial charge on any atom is -0.359 e. The first-order chi connectivity index (χ1) is 12.7. The van der Waals surface area contributed by atoms with E-state index in [2.05, 4.69) is 15.7 Å². The molecule has 0 amide bonds. The average molecular weight is 394 g/mol. The lowest BCUT2D eigenvalue weighted by molar-refractivity contribution is -0.116. The molecular weight excluding hydrogens is 370 g/mol. The van der Waals surface area contributed by atoms with Crippen molar-refractivity contribution in [1.82, 2.24) is 14.8 Å². The molecule has 7 heteroatoms. The zero-order valence-corrected chi connectivity index (χ0v) is 16.6. The van der Waals surface area contributed by atoms with Crippen LogP contribution < -0.4 is 0 Å². The van der Waals surface area contributed by atoms with Gasteiger partial charge in [-0.2, -0.15) is 0 Å². The van der Waals surface area contributed by atoms with E-state index in [0.717, 1.165) is 23.0 Å². The van der Waals surface area contributed by atoms with Gasteiger partial charge in [0.1, 0.15) is 18.4 Å². The number of hydrogen-bond donors (Lipinski definition) is 0. The van der Waals surface area contributed by atoms with Gasteiger partial charge in [-0.15, -0.1) is 21.5 Å². The topological polar surface area (TPSA) is 49.2 Å². The second kappa shape index (κ2) is 6.59. The molecule has 26 heavy (non-hydrogen) atoms. The number of thiophene rings is 1. The predicted molar refractivity (Wildman–Crippen MR) is 101 cm³/mol. The van der Waals surface area contributed by atoms with E-state index in [4.69, 9.17) is 26.2 Å². The van der Waals surface area contributed by atoms with Crippen molar-refractivity contribution in [1.29, 1.82) is 0 Å². The highest BCUT2D eigenvalue weighted by Crippen LogP contribution is 2.54. The van der Waals surface area contributed by atoms with Crippen LogP contribution in [0.15, 0.2) is 12.1 Å². The van der Waals surface area contributed by atoms with Crippen molar-refractivity contribution in [3.8, 4) is 0 Å². The van der Waals surface area contributed by atoms with Crippen molar-refractivity contribution in [2.75, 3.05) is 13.9 Å². The van der Waals surface area contributed by atoms with Gasteiger partial charge in [0.15, 0.2) is 0 Å². The molecule has 3 aliphatic rings. The number of ether oxygens (including phenoxy) is 2. The monoisotopic (exact) mass is 393 g/mol. The maximum Gasteiger partial charge on any atom is 0.146 e. The molecule has 5 nitrogen and oxygen atoms in total. The molecule has 0 bridgehead atoms. The lowest BCUT2D eigenvalue weighted by atomic mass is 9.65. The highest BCUT2D eigenvalue weighted by Gasteiger charge is 2.53. The van der Waals surface area contributed by atoms with Crippen LogP contribution in [-0.2, 0) is 14.9 Å². The van der Waals surface area contributed by atoms with Crippen LogP contribution in [0.3, 0.4) is 0 Å². The van der Waals surface area contributed by atoms with Gasteiger partial charge in [0, 0.05) is 23.9 Å². The Hall–Kier alpha value is -0.950. The molecule has 0 aliphatic heterocycles. The maximum atomic E-state index is 6.28. The number of hydrogen-bond acceptors (Lipinski definition) is 5. The first kappa shape index (κ1) is 17.2. The van der Waals surface area contributed by atoms with Crippen LogP contribution in [0.25, 0.3) is 0 Å². The van der Waals surface area contributed by atoms with E-state index in [0.29, 0.717) is 18.8 Å². The van der Waals surface area contributed by atoms with Crippen molar-refractivity contribution < 1.29 is 9.47 Å². The van der Waals surface area contributed by atoms with Crippen LogP contribution in [-0.4, -0.2) is 34.8 Å². The van der Waals surface area contributed by atoms with Gasteiger partial charge >= 0.3 is 0 Å². The SMILES string of the molecule is COCO[C@H]1C[C@@](c2ccc(Cl)s2)(c2nnc(C3CCC3)n2C2CC2)C1. The summed E-state index contributed by atoms with van der Waals surface area (Å²) in [7, 11) is 1.67. The lowest BCUT2D eigenvalue weighted by Gasteiger charge is -2.46. The molecule has 5 rings (SSSR count). The van der Waals surface area contributed by atoms with Crippen molar-refractivity contribution in [3.05, 3.63) is 33.0 Å². The summed E-state index contributed by atoms with van der Waals surface area (Å²) >= 11 is 7.95. The number of halogens is 1. The molecule has 0 saturated heterocycles. The molecule has 2 heterocycles. The minimum absolute atomic E-state index is 0.117. The van der Waals surface area contributed by atoms with E-state index in [-0.39, 0.29) is 11.5 Å². The van der Waals surface area contributed by atoms with E-state index < -0.39 is 0 Å². The van der Waals surface area contributed by atoms with Crippen molar-refractivity contribution in [2.45, 2.75) is 68.4 Å². The van der Waals surface area contributed by atoms with E-state index in [1.807, 2.05) is 6.07 Å². The summed E-state index contributed by atoms with van der Waals surface area (Å²) < 4.78 is 14.2. The molecule has 2 aromatic rings. The fourth-order valence-electron chi connectivity index (χ4n) is 4.33. The Morgan fingerprint density at radius 3 is 2.62 bits per heavy atom. The molecule has 0 N–H and O–H groups in total. The van der Waals surface area contributed by atoms with E-state index >= 15 is 0 Å². The maximum absolute atomic E-state index is 6.28. The molecule has 0 atom stereocenters. The Bertz CT molecular complexity index is 791.